The Kier molecular flexibility index (Phi) is 2.91. The number of hydrogen-bond acceptors (Lipinski definition) is 3. The molecule has 0 fully saturated rings. The lowest BCUT2D eigenvalue weighted by molar-refractivity contribution is -0.0629. The molecule has 0 aromatic rings. The predicted octanol–water partition coefficient (Wildman–Crippen LogP) is -0.584. The van der Waals surface area contributed by atoms with E-state index in [0.717, 1.165) is 6.04 Å². The summed E-state index contributed by atoms with van der Waals surface area (Å²) in [5.41, 5.74) is 0. The SMILES string of the molecule is C[C](C)NC(O)O. The number of nitrogens with one attached hydrogen (secondary N) is 1. The molecule has 0 aliphatic rings. The van der Waals surface area contributed by atoms with Crippen LogP contribution in [0.5, 0.6) is 0 Å². The topological polar surface area (TPSA) is 52.5 Å². The first kappa shape index (κ1) is 6.88. The van der Waals surface area contributed by atoms with E-state index >= 15 is 0 Å². The normalized spacial score (nSPS) is 11.1. The third-order valence-corrected chi connectivity index (χ3v) is 0.418. The van der Waals surface area contributed by atoms with Gasteiger partial charge in [0.05, 0.1) is 0 Å². The first-order valence-corrected chi connectivity index (χ1v) is 2.06. The Balaban J connectivity index is 2.95. The molecule has 3 heteroatoms. The molecular formula is C4H10NO2. The highest BCUT2D eigenvalue weighted by Crippen LogP contribution is 1.85. The van der Waals surface area contributed by atoms with Crippen LogP contribution in [0.2, 0.25) is 0 Å². The van der Waals surface area contributed by atoms with Crippen molar-refractivity contribution < 1.29 is 10.2 Å². The van der Waals surface area contributed by atoms with Crippen molar-refractivity contribution in [3.8, 4) is 0 Å². The number of rotatable bonds is 2. The maximum Gasteiger partial charge on any atom is 0.211 e. The van der Waals surface area contributed by atoms with E-state index in [-0.39, 0.29) is 0 Å². The number of aliphatic hydroxyl groups excluding tert-OH is 1. The van der Waals surface area contributed by atoms with Crippen LogP contribution in [0.1, 0.15) is 13.8 Å². The molecule has 0 heterocycles. The number of hydrogen-bond donors (Lipinski definition) is 3. The van der Waals surface area contributed by atoms with E-state index in [2.05, 4.69) is 5.32 Å². The summed E-state index contributed by atoms with van der Waals surface area (Å²) in [5.74, 6) is 0. The molecular weight excluding hydrogens is 94.0 g/mol. The van der Waals surface area contributed by atoms with Gasteiger partial charge in [-0.15, -0.1) is 0 Å². The van der Waals surface area contributed by atoms with Crippen LogP contribution >= 0.6 is 0 Å². The van der Waals surface area contributed by atoms with Crippen LogP contribution in [0.25, 0.3) is 0 Å². The standard InChI is InChI=1S/C4H10NO2/c1-3(2)5-4(6)7/h4-7H,1-2H3. The summed E-state index contributed by atoms with van der Waals surface area (Å²) in [6.07, 6.45) is -1.41. The second-order valence-electron chi connectivity index (χ2n) is 1.52. The van der Waals surface area contributed by atoms with Crippen LogP contribution in [0.15, 0.2) is 0 Å². The van der Waals surface area contributed by atoms with Gasteiger partial charge in [-0.3, -0.25) is 5.32 Å². The third kappa shape index (κ3) is 5.88. The second kappa shape index (κ2) is 2.96. The van der Waals surface area contributed by atoms with Crippen molar-refractivity contribution in [1.82, 2.24) is 5.32 Å². The molecule has 0 aromatic heterocycles. The first-order chi connectivity index (χ1) is 3.13. The summed E-state index contributed by atoms with van der Waals surface area (Å²) in [6, 6.07) is 0.787. The number of aliphatic hydroxyl groups is 2. The van der Waals surface area contributed by atoms with E-state index in [1.54, 1.807) is 13.8 Å². The maximum absolute atomic E-state index is 8.15. The van der Waals surface area contributed by atoms with Gasteiger partial charge in [0.25, 0.3) is 0 Å². The molecule has 0 saturated heterocycles. The van der Waals surface area contributed by atoms with E-state index in [4.69, 9.17) is 10.2 Å². The largest absolute Gasteiger partial charge is 0.356 e. The van der Waals surface area contributed by atoms with Crippen molar-refractivity contribution in [2.45, 2.75) is 20.3 Å². The monoisotopic (exact) mass is 104 g/mol. The maximum atomic E-state index is 8.15. The smallest absolute Gasteiger partial charge is 0.211 e. The molecule has 7 heavy (non-hydrogen) atoms. The summed E-state index contributed by atoms with van der Waals surface area (Å²) in [4.78, 5) is 0. The van der Waals surface area contributed by atoms with Crippen LogP contribution in [0.3, 0.4) is 0 Å². The van der Waals surface area contributed by atoms with Crippen molar-refractivity contribution in [3.05, 3.63) is 6.04 Å². The molecule has 0 spiro atoms. The summed E-state index contributed by atoms with van der Waals surface area (Å²) < 4.78 is 0. The first-order valence-electron chi connectivity index (χ1n) is 2.06. The molecule has 0 bridgehead atoms. The molecule has 0 rings (SSSR count). The predicted molar refractivity (Wildman–Crippen MR) is 26.0 cm³/mol. The average Bonchev–Trinajstić information content (AvgIpc) is 1.27. The van der Waals surface area contributed by atoms with Crippen LogP contribution in [0, 0.1) is 6.04 Å². The van der Waals surface area contributed by atoms with Crippen LogP contribution in [0.4, 0.5) is 0 Å². The highest BCUT2D eigenvalue weighted by atomic mass is 16.5. The molecule has 0 aliphatic carbocycles. The van der Waals surface area contributed by atoms with Crippen LogP contribution in [-0.2, 0) is 0 Å². The quantitative estimate of drug-likeness (QED) is 0.411. The molecule has 3 nitrogen and oxygen atoms in total. The summed E-state index contributed by atoms with van der Waals surface area (Å²) in [6.45, 7) is 3.50. The average molecular weight is 104 g/mol. The van der Waals surface area contributed by atoms with Gasteiger partial charge in [-0.1, -0.05) is 0 Å². The van der Waals surface area contributed by atoms with E-state index in [1.165, 1.54) is 0 Å². The van der Waals surface area contributed by atoms with Gasteiger partial charge in [0.2, 0.25) is 6.41 Å². The Labute approximate surface area is 43.0 Å². The zero-order valence-electron chi connectivity index (χ0n) is 4.47. The van der Waals surface area contributed by atoms with Crippen molar-refractivity contribution in [3.63, 3.8) is 0 Å². The molecule has 0 unspecified atom stereocenters. The van der Waals surface area contributed by atoms with Gasteiger partial charge < -0.3 is 10.2 Å². The van der Waals surface area contributed by atoms with Crippen molar-refractivity contribution in [1.29, 1.82) is 0 Å². The zero-order valence-corrected chi connectivity index (χ0v) is 4.47. The summed E-state index contributed by atoms with van der Waals surface area (Å²) >= 11 is 0. The molecule has 1 radical (unpaired) electrons. The van der Waals surface area contributed by atoms with Crippen LogP contribution < -0.4 is 5.32 Å². The van der Waals surface area contributed by atoms with E-state index in [1.807, 2.05) is 0 Å². The fourth-order valence-electron chi connectivity index (χ4n) is 0.258. The Hall–Kier alpha value is -0.120. The molecule has 0 aromatic carbocycles. The van der Waals surface area contributed by atoms with Crippen LogP contribution in [-0.4, -0.2) is 16.6 Å². The van der Waals surface area contributed by atoms with Gasteiger partial charge in [0.15, 0.2) is 0 Å². The van der Waals surface area contributed by atoms with E-state index in [0.29, 0.717) is 0 Å². The molecule has 0 aliphatic heterocycles. The van der Waals surface area contributed by atoms with Crippen molar-refractivity contribution >= 4 is 0 Å². The molecule has 0 saturated carbocycles. The fourth-order valence-corrected chi connectivity index (χ4v) is 0.258. The lowest BCUT2D eigenvalue weighted by atomic mass is 10.4. The molecule has 3 N–H and O–H groups in total. The second-order valence-corrected chi connectivity index (χ2v) is 1.52. The highest BCUT2D eigenvalue weighted by Gasteiger charge is 1.96. The minimum atomic E-state index is -1.41. The lowest BCUT2D eigenvalue weighted by Gasteiger charge is -2.06. The molecule has 43 valence electrons. The van der Waals surface area contributed by atoms with Gasteiger partial charge in [-0.25, -0.2) is 0 Å². The van der Waals surface area contributed by atoms with Gasteiger partial charge in [-0.05, 0) is 13.8 Å². The third-order valence-electron chi connectivity index (χ3n) is 0.418. The Bertz CT molecular complexity index is 39.0. The summed E-state index contributed by atoms with van der Waals surface area (Å²) in [7, 11) is 0. The Morgan fingerprint density at radius 3 is 1.86 bits per heavy atom. The molecule has 0 amide bonds. The minimum absolute atomic E-state index is 0.787. The van der Waals surface area contributed by atoms with Gasteiger partial charge in [-0.2, -0.15) is 0 Å². The Morgan fingerprint density at radius 2 is 1.86 bits per heavy atom. The fraction of sp³-hybridized carbons (Fsp3) is 0.750. The van der Waals surface area contributed by atoms with Crippen molar-refractivity contribution in [2.24, 2.45) is 0 Å². The highest BCUT2D eigenvalue weighted by molar-refractivity contribution is 4.70. The summed E-state index contributed by atoms with van der Waals surface area (Å²) in [5, 5.41) is 18.6. The van der Waals surface area contributed by atoms with Gasteiger partial charge in [0.1, 0.15) is 0 Å². The van der Waals surface area contributed by atoms with Gasteiger partial charge >= 0.3 is 0 Å². The Morgan fingerprint density at radius 1 is 1.43 bits per heavy atom. The van der Waals surface area contributed by atoms with E-state index < -0.39 is 6.41 Å². The minimum Gasteiger partial charge on any atom is -0.356 e. The lowest BCUT2D eigenvalue weighted by Crippen LogP contribution is -2.28. The van der Waals surface area contributed by atoms with Gasteiger partial charge in [0, 0.05) is 6.04 Å². The van der Waals surface area contributed by atoms with Crippen molar-refractivity contribution in [2.75, 3.05) is 0 Å². The van der Waals surface area contributed by atoms with E-state index in [9.17, 15) is 0 Å². The molecule has 0 atom stereocenters. The zero-order chi connectivity index (χ0) is 5.86.